The Morgan fingerprint density at radius 2 is 1.44 bits per heavy atom. The summed E-state index contributed by atoms with van der Waals surface area (Å²) in [5.41, 5.74) is 0.142. The number of hydrogen-bond acceptors (Lipinski definition) is 5. The SMILES string of the molecule is CC(NCCN(C)C)C(=O)NC12CC3CC(CC(C3)C1)C2.O=C(O)C(=O)O. The van der Waals surface area contributed by atoms with Gasteiger partial charge in [-0.15, -0.1) is 0 Å². The minimum atomic E-state index is -1.82. The molecule has 4 rings (SSSR count). The molecule has 0 heterocycles. The molecule has 4 saturated carbocycles. The molecular formula is C19H33N3O5. The number of aliphatic carboxylic acids is 2. The van der Waals surface area contributed by atoms with Crippen LogP contribution in [0.25, 0.3) is 0 Å². The third-order valence-corrected chi connectivity index (χ3v) is 6.01. The van der Waals surface area contributed by atoms with Crippen LogP contribution in [0.5, 0.6) is 0 Å². The molecule has 0 saturated heterocycles. The first-order valence-electron chi connectivity index (χ1n) is 9.76. The van der Waals surface area contributed by atoms with Gasteiger partial charge in [-0.2, -0.15) is 0 Å². The third kappa shape index (κ3) is 6.17. The Bertz CT molecular complexity index is 516. The Kier molecular flexibility index (Phi) is 7.22. The van der Waals surface area contributed by atoms with Crippen LogP contribution < -0.4 is 10.6 Å². The van der Waals surface area contributed by atoms with Crippen LogP contribution in [0.1, 0.15) is 45.4 Å². The molecule has 4 bridgehead atoms. The van der Waals surface area contributed by atoms with E-state index in [0.717, 1.165) is 30.8 Å². The molecule has 0 spiro atoms. The van der Waals surface area contributed by atoms with E-state index in [1.807, 2.05) is 6.92 Å². The number of nitrogens with zero attached hydrogens (tertiary/aromatic N) is 1. The second kappa shape index (κ2) is 9.01. The van der Waals surface area contributed by atoms with Crippen molar-refractivity contribution in [1.82, 2.24) is 15.5 Å². The number of carbonyl (C=O) groups is 3. The molecule has 0 aliphatic heterocycles. The van der Waals surface area contributed by atoms with Gasteiger partial charge in [0.2, 0.25) is 5.91 Å². The lowest BCUT2D eigenvalue weighted by Crippen LogP contribution is -2.62. The summed E-state index contributed by atoms with van der Waals surface area (Å²) < 4.78 is 0. The lowest BCUT2D eigenvalue weighted by molar-refractivity contribution is -0.159. The van der Waals surface area contributed by atoms with Gasteiger partial charge in [-0.25, -0.2) is 9.59 Å². The highest BCUT2D eigenvalue weighted by molar-refractivity contribution is 6.27. The van der Waals surface area contributed by atoms with Gasteiger partial charge >= 0.3 is 11.9 Å². The van der Waals surface area contributed by atoms with Gasteiger partial charge in [0.05, 0.1) is 6.04 Å². The average Bonchev–Trinajstić information content (AvgIpc) is 2.53. The molecule has 154 valence electrons. The number of carboxylic acids is 2. The first-order chi connectivity index (χ1) is 12.6. The zero-order valence-electron chi connectivity index (χ0n) is 16.5. The number of carboxylic acid groups (broad SMARTS) is 2. The first kappa shape index (κ1) is 21.6. The van der Waals surface area contributed by atoms with Gasteiger partial charge in [-0.1, -0.05) is 0 Å². The van der Waals surface area contributed by atoms with Crippen LogP contribution in [0.2, 0.25) is 0 Å². The van der Waals surface area contributed by atoms with E-state index < -0.39 is 11.9 Å². The second-order valence-electron chi connectivity index (χ2n) is 8.78. The molecule has 1 atom stereocenters. The van der Waals surface area contributed by atoms with Gasteiger partial charge in [0.1, 0.15) is 0 Å². The Labute approximate surface area is 160 Å². The molecule has 0 aromatic rings. The highest BCUT2D eigenvalue weighted by atomic mass is 16.4. The third-order valence-electron chi connectivity index (χ3n) is 6.01. The Morgan fingerprint density at radius 3 is 1.81 bits per heavy atom. The number of likely N-dealkylation sites (N-methyl/N-ethyl adjacent to an activating group) is 1. The molecule has 0 radical (unpaired) electrons. The van der Waals surface area contributed by atoms with E-state index in [4.69, 9.17) is 19.8 Å². The van der Waals surface area contributed by atoms with E-state index in [0.29, 0.717) is 0 Å². The van der Waals surface area contributed by atoms with E-state index in [-0.39, 0.29) is 17.5 Å². The minimum Gasteiger partial charge on any atom is -0.473 e. The predicted molar refractivity (Wildman–Crippen MR) is 100 cm³/mol. The minimum absolute atomic E-state index is 0.0852. The second-order valence-corrected chi connectivity index (χ2v) is 8.78. The first-order valence-corrected chi connectivity index (χ1v) is 9.76. The van der Waals surface area contributed by atoms with Crippen LogP contribution in [0, 0.1) is 17.8 Å². The van der Waals surface area contributed by atoms with Crippen molar-refractivity contribution in [2.24, 2.45) is 17.8 Å². The summed E-state index contributed by atoms with van der Waals surface area (Å²) in [5.74, 6) is -0.795. The maximum absolute atomic E-state index is 12.5. The van der Waals surface area contributed by atoms with Gasteiger partial charge in [0, 0.05) is 18.6 Å². The van der Waals surface area contributed by atoms with Crippen LogP contribution in [-0.4, -0.2) is 71.7 Å². The molecular weight excluding hydrogens is 350 g/mol. The number of carbonyl (C=O) groups excluding carboxylic acids is 1. The van der Waals surface area contributed by atoms with Gasteiger partial charge < -0.3 is 25.7 Å². The maximum Gasteiger partial charge on any atom is 0.414 e. The number of hydrogen-bond donors (Lipinski definition) is 4. The molecule has 0 aromatic heterocycles. The molecule has 8 heteroatoms. The quantitative estimate of drug-likeness (QED) is 0.500. The molecule has 1 unspecified atom stereocenters. The molecule has 8 nitrogen and oxygen atoms in total. The van der Waals surface area contributed by atoms with Crippen LogP contribution in [0.3, 0.4) is 0 Å². The van der Waals surface area contributed by atoms with E-state index in [1.54, 1.807) is 0 Å². The van der Waals surface area contributed by atoms with Crippen LogP contribution in [0.4, 0.5) is 0 Å². The lowest BCUT2D eigenvalue weighted by Gasteiger charge is -2.57. The molecule has 27 heavy (non-hydrogen) atoms. The molecule has 1 amide bonds. The Hall–Kier alpha value is -1.67. The molecule has 4 aliphatic rings. The molecule has 4 fully saturated rings. The van der Waals surface area contributed by atoms with Gasteiger partial charge in [-0.05, 0) is 77.3 Å². The van der Waals surface area contributed by atoms with Crippen molar-refractivity contribution in [2.45, 2.75) is 57.0 Å². The van der Waals surface area contributed by atoms with Crippen molar-refractivity contribution in [2.75, 3.05) is 27.2 Å². The summed E-state index contributed by atoms with van der Waals surface area (Å²) in [6.45, 7) is 3.82. The van der Waals surface area contributed by atoms with Gasteiger partial charge in [-0.3, -0.25) is 4.79 Å². The van der Waals surface area contributed by atoms with Crippen LogP contribution in [-0.2, 0) is 14.4 Å². The largest absolute Gasteiger partial charge is 0.473 e. The van der Waals surface area contributed by atoms with Crippen LogP contribution in [0.15, 0.2) is 0 Å². The van der Waals surface area contributed by atoms with Gasteiger partial charge in [0.15, 0.2) is 0 Å². The summed E-state index contributed by atoms with van der Waals surface area (Å²) >= 11 is 0. The fraction of sp³-hybridized carbons (Fsp3) is 0.842. The Balaban J connectivity index is 0.000000380. The summed E-state index contributed by atoms with van der Waals surface area (Å²) in [5, 5.41) is 21.6. The van der Waals surface area contributed by atoms with E-state index >= 15 is 0 Å². The monoisotopic (exact) mass is 383 g/mol. The summed E-state index contributed by atoms with van der Waals surface area (Å²) in [7, 11) is 4.11. The summed E-state index contributed by atoms with van der Waals surface area (Å²) in [6, 6.07) is -0.0852. The maximum atomic E-state index is 12.5. The van der Waals surface area contributed by atoms with E-state index in [2.05, 4.69) is 29.6 Å². The fourth-order valence-corrected chi connectivity index (χ4v) is 5.23. The number of nitrogens with one attached hydrogen (secondary N) is 2. The van der Waals surface area contributed by atoms with Crippen molar-refractivity contribution >= 4 is 17.8 Å². The molecule has 4 aliphatic carbocycles. The average molecular weight is 383 g/mol. The molecule has 4 N–H and O–H groups in total. The number of amides is 1. The highest BCUT2D eigenvalue weighted by Gasteiger charge is 2.51. The Morgan fingerprint density at radius 1 is 1.00 bits per heavy atom. The van der Waals surface area contributed by atoms with E-state index in [1.165, 1.54) is 38.5 Å². The predicted octanol–water partition coefficient (Wildman–Crippen LogP) is 0.767. The number of rotatable bonds is 6. The van der Waals surface area contributed by atoms with Crippen molar-refractivity contribution < 1.29 is 24.6 Å². The lowest BCUT2D eigenvalue weighted by atomic mass is 9.53. The van der Waals surface area contributed by atoms with Crippen LogP contribution >= 0.6 is 0 Å². The highest BCUT2D eigenvalue weighted by Crippen LogP contribution is 2.55. The van der Waals surface area contributed by atoms with Crippen molar-refractivity contribution in [3.63, 3.8) is 0 Å². The zero-order chi connectivity index (χ0) is 20.2. The fourth-order valence-electron chi connectivity index (χ4n) is 5.23. The van der Waals surface area contributed by atoms with Crippen molar-refractivity contribution in [3.05, 3.63) is 0 Å². The smallest absolute Gasteiger partial charge is 0.414 e. The van der Waals surface area contributed by atoms with E-state index in [9.17, 15) is 4.79 Å². The van der Waals surface area contributed by atoms with Gasteiger partial charge in [0.25, 0.3) is 0 Å². The normalized spacial score (nSPS) is 31.8. The standard InChI is InChI=1S/C17H31N3O.C2H2O4/c1-12(18-4-5-20(2)3)16(21)19-17-9-13-6-14(10-17)8-15(7-13)11-17;3-1(4)2(5)6/h12-15,18H,4-11H2,1-3H3,(H,19,21);(H,3,4)(H,5,6). The summed E-state index contributed by atoms with van der Waals surface area (Å²) in [6.07, 6.45) is 7.96. The zero-order valence-corrected chi connectivity index (χ0v) is 16.5. The topological polar surface area (TPSA) is 119 Å². The van der Waals surface area contributed by atoms with Crippen molar-refractivity contribution in [1.29, 1.82) is 0 Å². The molecule has 0 aromatic carbocycles. The summed E-state index contributed by atoms with van der Waals surface area (Å²) in [4.78, 5) is 32.9. The van der Waals surface area contributed by atoms with Crippen molar-refractivity contribution in [3.8, 4) is 0 Å².